The van der Waals surface area contributed by atoms with Gasteiger partial charge in [-0.3, -0.25) is 4.79 Å². The minimum Gasteiger partial charge on any atom is -0.496 e. The molecule has 2 aromatic carbocycles. The van der Waals surface area contributed by atoms with Gasteiger partial charge in [0.15, 0.2) is 0 Å². The molecule has 0 fully saturated rings. The Labute approximate surface area is 144 Å². The van der Waals surface area contributed by atoms with Gasteiger partial charge in [-0.1, -0.05) is 17.7 Å². The summed E-state index contributed by atoms with van der Waals surface area (Å²) in [7, 11) is 1.57. The Morgan fingerprint density at radius 3 is 2.71 bits per heavy atom. The van der Waals surface area contributed by atoms with E-state index in [2.05, 4.69) is 5.32 Å². The number of carbonyl (C=O) groups excluding carboxylic acids is 1. The first kappa shape index (κ1) is 18.3. The number of thioether (sulfide) groups is 1. The molecule has 2 rings (SSSR count). The Balaban J connectivity index is 1.99. The number of benzene rings is 2. The molecule has 1 atom stereocenters. The summed E-state index contributed by atoms with van der Waals surface area (Å²) in [6.07, 6.45) is 0. The Morgan fingerprint density at radius 2 is 2.00 bits per heavy atom. The van der Waals surface area contributed by atoms with E-state index in [-0.39, 0.29) is 22.6 Å². The van der Waals surface area contributed by atoms with E-state index in [1.165, 1.54) is 0 Å². The lowest BCUT2D eigenvalue weighted by atomic mass is 10.0. The van der Waals surface area contributed by atoms with E-state index in [1.54, 1.807) is 7.11 Å². The topological polar surface area (TPSA) is 38.3 Å². The first-order chi connectivity index (χ1) is 11.4. The third kappa shape index (κ3) is 4.71. The summed E-state index contributed by atoms with van der Waals surface area (Å²) in [4.78, 5) is 12.2. The lowest BCUT2D eigenvalue weighted by Gasteiger charge is -2.18. The van der Waals surface area contributed by atoms with Crippen molar-refractivity contribution < 1.29 is 18.3 Å². The molecule has 3 nitrogen and oxygen atoms in total. The maximum atomic E-state index is 13.6. The number of carbonyl (C=O) groups is 1. The van der Waals surface area contributed by atoms with Crippen molar-refractivity contribution in [1.82, 2.24) is 5.32 Å². The molecule has 0 unspecified atom stereocenters. The summed E-state index contributed by atoms with van der Waals surface area (Å²) in [6.45, 7) is 3.81. The molecule has 0 heterocycles. The number of ether oxygens (including phenoxy) is 1. The monoisotopic (exact) mass is 351 g/mol. The van der Waals surface area contributed by atoms with E-state index >= 15 is 0 Å². The maximum Gasteiger partial charge on any atom is 0.230 e. The fourth-order valence-corrected chi connectivity index (χ4v) is 3.06. The molecule has 0 aromatic heterocycles. The van der Waals surface area contributed by atoms with Gasteiger partial charge in [0, 0.05) is 10.5 Å². The molecule has 0 bridgehead atoms. The Kier molecular flexibility index (Phi) is 6.20. The largest absolute Gasteiger partial charge is 0.496 e. The lowest BCUT2D eigenvalue weighted by Crippen LogP contribution is -2.28. The molecule has 1 amide bonds. The number of halogens is 2. The first-order valence-electron chi connectivity index (χ1n) is 7.42. The normalized spacial score (nSPS) is 11.9. The highest BCUT2D eigenvalue weighted by Crippen LogP contribution is 2.27. The van der Waals surface area contributed by atoms with Crippen molar-refractivity contribution in [2.75, 3.05) is 12.9 Å². The van der Waals surface area contributed by atoms with E-state index in [0.29, 0.717) is 5.75 Å². The predicted molar refractivity (Wildman–Crippen MR) is 91.4 cm³/mol. The number of methoxy groups -OCH3 is 1. The van der Waals surface area contributed by atoms with E-state index in [9.17, 15) is 13.6 Å². The summed E-state index contributed by atoms with van der Waals surface area (Å²) < 4.78 is 32.0. The second-order valence-corrected chi connectivity index (χ2v) is 6.42. The van der Waals surface area contributed by atoms with Crippen LogP contribution in [0.1, 0.15) is 24.1 Å². The van der Waals surface area contributed by atoms with Crippen LogP contribution in [0, 0.1) is 18.6 Å². The molecule has 0 spiro atoms. The third-order valence-electron chi connectivity index (χ3n) is 3.48. The van der Waals surface area contributed by atoms with Gasteiger partial charge in [0.05, 0.1) is 18.9 Å². The summed E-state index contributed by atoms with van der Waals surface area (Å²) in [5, 5.41) is 2.85. The molecule has 1 N–H and O–H groups in total. The Hall–Kier alpha value is -2.08. The number of amides is 1. The second kappa shape index (κ2) is 8.15. The van der Waals surface area contributed by atoms with Crippen molar-refractivity contribution >= 4 is 17.7 Å². The SMILES string of the molecule is COc1ccc(C)cc1[C@@H](C)NC(=O)CSc1cc(F)ccc1F. The van der Waals surface area contributed by atoms with Crippen molar-refractivity contribution in [2.45, 2.75) is 24.8 Å². The lowest BCUT2D eigenvalue weighted by molar-refractivity contribution is -0.119. The average Bonchev–Trinajstić information content (AvgIpc) is 2.55. The van der Waals surface area contributed by atoms with Crippen LogP contribution in [0.3, 0.4) is 0 Å². The van der Waals surface area contributed by atoms with E-state index in [4.69, 9.17) is 4.74 Å². The van der Waals surface area contributed by atoms with Crippen molar-refractivity contribution in [3.8, 4) is 5.75 Å². The quantitative estimate of drug-likeness (QED) is 0.791. The number of hydrogen-bond acceptors (Lipinski definition) is 3. The van der Waals surface area contributed by atoms with Gasteiger partial charge in [0.2, 0.25) is 5.91 Å². The summed E-state index contributed by atoms with van der Waals surface area (Å²) in [5.74, 6) is -0.643. The van der Waals surface area contributed by atoms with Crippen LogP contribution < -0.4 is 10.1 Å². The minimum atomic E-state index is -0.539. The molecular formula is C18H19F2NO2S. The molecule has 0 saturated heterocycles. The molecule has 0 aliphatic rings. The molecule has 24 heavy (non-hydrogen) atoms. The van der Waals surface area contributed by atoms with Crippen LogP contribution in [0.5, 0.6) is 5.75 Å². The number of aryl methyl sites for hydroxylation is 1. The van der Waals surface area contributed by atoms with Gasteiger partial charge in [-0.25, -0.2) is 8.78 Å². The zero-order valence-corrected chi connectivity index (χ0v) is 14.5. The molecule has 0 radical (unpaired) electrons. The molecular weight excluding hydrogens is 332 g/mol. The Bertz CT molecular complexity index is 737. The second-order valence-electron chi connectivity index (χ2n) is 5.40. The number of hydrogen-bond donors (Lipinski definition) is 1. The van der Waals surface area contributed by atoms with E-state index in [0.717, 1.165) is 41.1 Å². The molecule has 128 valence electrons. The van der Waals surface area contributed by atoms with Crippen LogP contribution in [0.4, 0.5) is 8.78 Å². The third-order valence-corrected chi connectivity index (χ3v) is 4.51. The van der Waals surface area contributed by atoms with Crippen molar-refractivity contribution in [3.05, 3.63) is 59.2 Å². The van der Waals surface area contributed by atoms with Crippen LogP contribution >= 0.6 is 11.8 Å². The molecule has 2 aromatic rings. The van der Waals surface area contributed by atoms with Gasteiger partial charge in [-0.2, -0.15) is 0 Å². The minimum absolute atomic E-state index is 0.00115. The zero-order chi connectivity index (χ0) is 17.7. The maximum absolute atomic E-state index is 13.6. The molecule has 6 heteroatoms. The highest BCUT2D eigenvalue weighted by atomic mass is 32.2. The van der Waals surface area contributed by atoms with E-state index < -0.39 is 11.6 Å². The van der Waals surface area contributed by atoms with Crippen molar-refractivity contribution in [2.24, 2.45) is 0 Å². The standard InChI is InChI=1S/C18H19F2NO2S/c1-11-4-7-16(23-3)14(8-11)12(2)21-18(22)10-24-17-9-13(19)5-6-15(17)20/h4-9,12H,10H2,1-3H3,(H,21,22)/t12-/m1/s1. The first-order valence-corrected chi connectivity index (χ1v) is 8.41. The van der Waals surface area contributed by atoms with Gasteiger partial charge < -0.3 is 10.1 Å². The molecule has 0 aliphatic carbocycles. The smallest absolute Gasteiger partial charge is 0.230 e. The molecule has 0 saturated carbocycles. The van der Waals surface area contributed by atoms with Gasteiger partial charge in [-0.05, 0) is 38.1 Å². The summed E-state index contributed by atoms with van der Waals surface area (Å²) in [6, 6.07) is 8.65. The van der Waals surface area contributed by atoms with Crippen molar-refractivity contribution in [1.29, 1.82) is 0 Å². The fourth-order valence-electron chi connectivity index (χ4n) is 2.28. The van der Waals surface area contributed by atoms with Crippen LogP contribution in [-0.4, -0.2) is 18.8 Å². The van der Waals surface area contributed by atoms with Crippen LogP contribution in [0.2, 0.25) is 0 Å². The summed E-state index contributed by atoms with van der Waals surface area (Å²) >= 11 is 0.961. The van der Waals surface area contributed by atoms with Crippen LogP contribution in [0.15, 0.2) is 41.3 Å². The van der Waals surface area contributed by atoms with Gasteiger partial charge in [0.25, 0.3) is 0 Å². The Morgan fingerprint density at radius 1 is 1.25 bits per heavy atom. The fraction of sp³-hybridized carbons (Fsp3) is 0.278. The van der Waals surface area contributed by atoms with Gasteiger partial charge in [-0.15, -0.1) is 11.8 Å². The molecule has 0 aliphatic heterocycles. The predicted octanol–water partition coefficient (Wildman–Crippen LogP) is 4.25. The van der Waals surface area contributed by atoms with Crippen LogP contribution in [-0.2, 0) is 4.79 Å². The van der Waals surface area contributed by atoms with E-state index in [1.807, 2.05) is 32.0 Å². The van der Waals surface area contributed by atoms with Gasteiger partial charge in [0.1, 0.15) is 17.4 Å². The zero-order valence-electron chi connectivity index (χ0n) is 13.7. The number of rotatable bonds is 6. The highest BCUT2D eigenvalue weighted by molar-refractivity contribution is 8.00. The number of nitrogens with one attached hydrogen (secondary N) is 1. The van der Waals surface area contributed by atoms with Crippen LogP contribution in [0.25, 0.3) is 0 Å². The average molecular weight is 351 g/mol. The van der Waals surface area contributed by atoms with Crippen molar-refractivity contribution in [3.63, 3.8) is 0 Å². The van der Waals surface area contributed by atoms with Gasteiger partial charge >= 0.3 is 0 Å². The highest BCUT2D eigenvalue weighted by Gasteiger charge is 2.15. The summed E-state index contributed by atoms with van der Waals surface area (Å²) in [5.41, 5.74) is 1.93.